The Balaban J connectivity index is 2.55. The SMILES string of the molecule is Cc1ncc(C(NN)c2c(F)ccc(Br)c2F)s1. The van der Waals surface area contributed by atoms with Crippen LogP contribution >= 0.6 is 27.3 Å². The summed E-state index contributed by atoms with van der Waals surface area (Å²) >= 11 is 4.37. The lowest BCUT2D eigenvalue weighted by Gasteiger charge is -2.16. The average molecular weight is 334 g/mol. The van der Waals surface area contributed by atoms with Crippen LogP contribution in [0.1, 0.15) is 21.5 Å². The number of hydrazine groups is 1. The van der Waals surface area contributed by atoms with Gasteiger partial charge in [0.2, 0.25) is 0 Å². The van der Waals surface area contributed by atoms with Gasteiger partial charge in [0.25, 0.3) is 0 Å². The van der Waals surface area contributed by atoms with Gasteiger partial charge in [-0.2, -0.15) is 0 Å². The normalized spacial score (nSPS) is 12.7. The Bertz CT molecular complexity index is 573. The largest absolute Gasteiger partial charge is 0.271 e. The van der Waals surface area contributed by atoms with Crippen molar-refractivity contribution in [1.82, 2.24) is 10.4 Å². The molecule has 1 aromatic heterocycles. The second kappa shape index (κ2) is 5.40. The van der Waals surface area contributed by atoms with Crippen LogP contribution in [-0.4, -0.2) is 4.98 Å². The third-order valence-electron chi connectivity index (χ3n) is 2.46. The molecule has 0 fully saturated rings. The maximum atomic E-state index is 14.0. The summed E-state index contributed by atoms with van der Waals surface area (Å²) < 4.78 is 28.0. The van der Waals surface area contributed by atoms with Crippen LogP contribution in [0.5, 0.6) is 0 Å². The fourth-order valence-electron chi connectivity index (χ4n) is 1.63. The Labute approximate surface area is 115 Å². The van der Waals surface area contributed by atoms with Gasteiger partial charge in [-0.05, 0) is 35.0 Å². The third-order valence-corrected chi connectivity index (χ3v) is 4.05. The highest BCUT2D eigenvalue weighted by atomic mass is 79.9. The zero-order valence-corrected chi connectivity index (χ0v) is 11.8. The predicted molar refractivity (Wildman–Crippen MR) is 70.1 cm³/mol. The van der Waals surface area contributed by atoms with Gasteiger partial charge < -0.3 is 0 Å². The minimum Gasteiger partial charge on any atom is -0.271 e. The van der Waals surface area contributed by atoms with Crippen molar-refractivity contribution in [3.8, 4) is 0 Å². The van der Waals surface area contributed by atoms with E-state index in [-0.39, 0.29) is 10.0 Å². The highest BCUT2D eigenvalue weighted by Crippen LogP contribution is 2.32. The number of nitrogens with two attached hydrogens (primary N) is 1. The van der Waals surface area contributed by atoms with Gasteiger partial charge in [-0.1, -0.05) is 0 Å². The van der Waals surface area contributed by atoms with Crippen molar-refractivity contribution in [2.24, 2.45) is 5.84 Å². The first-order valence-corrected chi connectivity index (χ1v) is 6.67. The van der Waals surface area contributed by atoms with Gasteiger partial charge >= 0.3 is 0 Å². The highest BCUT2D eigenvalue weighted by Gasteiger charge is 2.24. The van der Waals surface area contributed by atoms with Crippen LogP contribution in [0.3, 0.4) is 0 Å². The molecule has 3 N–H and O–H groups in total. The smallest absolute Gasteiger partial charge is 0.145 e. The molecule has 2 rings (SSSR count). The first kappa shape index (κ1) is 13.5. The average Bonchev–Trinajstić information content (AvgIpc) is 2.76. The van der Waals surface area contributed by atoms with E-state index in [1.807, 2.05) is 6.92 Å². The molecule has 0 bridgehead atoms. The summed E-state index contributed by atoms with van der Waals surface area (Å²) in [5.41, 5.74) is 2.31. The zero-order valence-electron chi connectivity index (χ0n) is 9.38. The molecule has 1 atom stereocenters. The minimum atomic E-state index is -0.756. The molecule has 0 aliphatic heterocycles. The minimum absolute atomic E-state index is 0.115. The molecule has 0 spiro atoms. The van der Waals surface area contributed by atoms with Gasteiger partial charge in [-0.3, -0.25) is 5.84 Å². The van der Waals surface area contributed by atoms with Crippen molar-refractivity contribution in [3.63, 3.8) is 0 Å². The summed E-state index contributed by atoms with van der Waals surface area (Å²) in [6, 6.07) is 1.76. The van der Waals surface area contributed by atoms with E-state index >= 15 is 0 Å². The topological polar surface area (TPSA) is 50.9 Å². The van der Waals surface area contributed by atoms with Crippen LogP contribution in [0, 0.1) is 18.6 Å². The number of aromatic nitrogens is 1. The van der Waals surface area contributed by atoms with Gasteiger partial charge in [-0.15, -0.1) is 11.3 Å². The van der Waals surface area contributed by atoms with Crippen LogP contribution in [0.15, 0.2) is 22.8 Å². The Morgan fingerprint density at radius 3 is 2.72 bits per heavy atom. The Hall–Kier alpha value is -0.890. The van der Waals surface area contributed by atoms with E-state index in [0.29, 0.717) is 4.88 Å². The van der Waals surface area contributed by atoms with Crippen molar-refractivity contribution in [3.05, 3.63) is 49.9 Å². The van der Waals surface area contributed by atoms with Gasteiger partial charge in [-0.25, -0.2) is 19.2 Å². The summed E-state index contributed by atoms with van der Waals surface area (Å²) in [6.07, 6.45) is 1.56. The molecule has 1 aromatic carbocycles. The second-order valence-electron chi connectivity index (χ2n) is 3.64. The Morgan fingerprint density at radius 2 is 2.17 bits per heavy atom. The second-order valence-corrected chi connectivity index (χ2v) is 5.76. The highest BCUT2D eigenvalue weighted by molar-refractivity contribution is 9.10. The predicted octanol–water partition coefficient (Wildman–Crippen LogP) is 3.04. The molecule has 7 heteroatoms. The molecule has 0 aliphatic carbocycles. The van der Waals surface area contributed by atoms with Gasteiger partial charge in [0.05, 0.1) is 15.5 Å². The molecule has 0 radical (unpaired) electrons. The molecule has 3 nitrogen and oxygen atoms in total. The van der Waals surface area contributed by atoms with Gasteiger partial charge in [0.15, 0.2) is 0 Å². The Morgan fingerprint density at radius 1 is 1.44 bits per heavy atom. The standard InChI is InChI=1S/C11H10BrF2N3S/c1-5-16-4-8(18-5)11(17-15)9-7(13)3-2-6(12)10(9)14/h2-4,11,17H,15H2,1H3. The van der Waals surface area contributed by atoms with E-state index < -0.39 is 17.7 Å². The van der Waals surface area contributed by atoms with Crippen molar-refractivity contribution in [2.45, 2.75) is 13.0 Å². The molecule has 0 saturated carbocycles. The molecule has 0 aliphatic rings. The molecule has 1 heterocycles. The lowest BCUT2D eigenvalue weighted by molar-refractivity contribution is 0.510. The van der Waals surface area contributed by atoms with Crippen LogP contribution < -0.4 is 11.3 Å². The van der Waals surface area contributed by atoms with Gasteiger partial charge in [0.1, 0.15) is 11.6 Å². The first-order chi connectivity index (χ1) is 8.54. The number of thiazole rings is 1. The molecule has 18 heavy (non-hydrogen) atoms. The van der Waals surface area contributed by atoms with E-state index in [0.717, 1.165) is 5.01 Å². The molecule has 0 amide bonds. The van der Waals surface area contributed by atoms with Crippen LogP contribution in [0.25, 0.3) is 0 Å². The molecular weight excluding hydrogens is 324 g/mol. The number of halogens is 3. The summed E-state index contributed by atoms with van der Waals surface area (Å²) in [4.78, 5) is 4.72. The summed E-state index contributed by atoms with van der Waals surface area (Å²) in [7, 11) is 0. The molecule has 96 valence electrons. The first-order valence-electron chi connectivity index (χ1n) is 5.06. The van der Waals surface area contributed by atoms with E-state index in [1.165, 1.54) is 23.5 Å². The maximum Gasteiger partial charge on any atom is 0.145 e. The maximum absolute atomic E-state index is 14.0. The van der Waals surface area contributed by atoms with Crippen molar-refractivity contribution in [1.29, 1.82) is 0 Å². The van der Waals surface area contributed by atoms with Crippen LogP contribution in [-0.2, 0) is 0 Å². The number of aryl methyl sites for hydroxylation is 1. The fraction of sp³-hybridized carbons (Fsp3) is 0.182. The van der Waals surface area contributed by atoms with E-state index in [1.54, 1.807) is 6.20 Å². The fourth-order valence-corrected chi connectivity index (χ4v) is 2.83. The number of rotatable bonds is 3. The quantitative estimate of drug-likeness (QED) is 0.515. The van der Waals surface area contributed by atoms with E-state index in [9.17, 15) is 8.78 Å². The third kappa shape index (κ3) is 2.44. The molecule has 0 saturated heterocycles. The zero-order chi connectivity index (χ0) is 13.3. The number of hydrogen-bond donors (Lipinski definition) is 2. The number of hydrogen-bond acceptors (Lipinski definition) is 4. The summed E-state index contributed by atoms with van der Waals surface area (Å²) in [6.45, 7) is 1.81. The lowest BCUT2D eigenvalue weighted by atomic mass is 10.1. The number of benzene rings is 1. The summed E-state index contributed by atoms with van der Waals surface area (Å²) in [5, 5.41) is 0.807. The molecular formula is C11H10BrF2N3S. The Kier molecular flexibility index (Phi) is 4.06. The van der Waals surface area contributed by atoms with Crippen molar-refractivity contribution in [2.75, 3.05) is 0 Å². The van der Waals surface area contributed by atoms with E-state index in [2.05, 4.69) is 26.3 Å². The molecule has 1 unspecified atom stereocenters. The van der Waals surface area contributed by atoms with Crippen molar-refractivity contribution >= 4 is 27.3 Å². The van der Waals surface area contributed by atoms with Gasteiger partial charge in [0, 0.05) is 16.6 Å². The van der Waals surface area contributed by atoms with E-state index in [4.69, 9.17) is 5.84 Å². The lowest BCUT2D eigenvalue weighted by Crippen LogP contribution is -2.29. The van der Waals surface area contributed by atoms with Crippen molar-refractivity contribution < 1.29 is 8.78 Å². The number of nitrogens with one attached hydrogen (secondary N) is 1. The number of nitrogens with zero attached hydrogens (tertiary/aromatic N) is 1. The van der Waals surface area contributed by atoms with Crippen LogP contribution in [0.4, 0.5) is 8.78 Å². The summed E-state index contributed by atoms with van der Waals surface area (Å²) in [5.74, 6) is 4.10. The molecule has 2 aromatic rings. The monoisotopic (exact) mass is 333 g/mol. The van der Waals surface area contributed by atoms with Crippen LogP contribution in [0.2, 0.25) is 0 Å².